The Balaban J connectivity index is 1.82. The summed E-state index contributed by atoms with van der Waals surface area (Å²) in [5.41, 5.74) is 1.31. The van der Waals surface area contributed by atoms with Gasteiger partial charge in [0.05, 0.1) is 11.7 Å². The maximum Gasteiger partial charge on any atom is 0.351 e. The number of hydrogen-bond acceptors (Lipinski definition) is 5. The third-order valence-corrected chi connectivity index (χ3v) is 5.25. The molecule has 0 fully saturated rings. The molecule has 0 aliphatic carbocycles. The molecule has 0 radical (unpaired) electrons. The number of thiazole rings is 1. The molecular weight excluding hydrogens is 362 g/mol. The van der Waals surface area contributed by atoms with E-state index in [1.807, 2.05) is 56.5 Å². The van der Waals surface area contributed by atoms with E-state index in [1.165, 1.54) is 20.6 Å². The highest BCUT2D eigenvalue weighted by molar-refractivity contribution is 7.09. The van der Waals surface area contributed by atoms with Crippen LogP contribution in [0.3, 0.4) is 0 Å². The van der Waals surface area contributed by atoms with Gasteiger partial charge in [-0.25, -0.2) is 9.78 Å². The van der Waals surface area contributed by atoms with Crippen LogP contribution in [-0.4, -0.2) is 25.2 Å². The van der Waals surface area contributed by atoms with Crippen LogP contribution < -0.4 is 11.0 Å². The first kappa shape index (κ1) is 19.0. The second-order valence-electron chi connectivity index (χ2n) is 6.40. The third kappa shape index (κ3) is 4.33. The lowest BCUT2D eigenvalue weighted by molar-refractivity contribution is -0.122. The summed E-state index contributed by atoms with van der Waals surface area (Å²) >= 11 is 1.51. The van der Waals surface area contributed by atoms with Crippen molar-refractivity contribution >= 4 is 17.2 Å². The van der Waals surface area contributed by atoms with Crippen LogP contribution in [0.5, 0.6) is 0 Å². The van der Waals surface area contributed by atoms with Crippen molar-refractivity contribution in [2.75, 3.05) is 0 Å². The normalized spacial score (nSPS) is 12.1. The van der Waals surface area contributed by atoms with Gasteiger partial charge >= 0.3 is 5.69 Å². The van der Waals surface area contributed by atoms with E-state index in [-0.39, 0.29) is 24.2 Å². The fraction of sp³-hybridized carbons (Fsp3) is 0.368. The smallest absolute Gasteiger partial charge is 0.346 e. The van der Waals surface area contributed by atoms with E-state index in [0.717, 1.165) is 17.1 Å². The predicted octanol–water partition coefficient (Wildman–Crippen LogP) is 2.63. The van der Waals surface area contributed by atoms with Crippen molar-refractivity contribution in [2.24, 2.45) is 0 Å². The molecule has 142 valence electrons. The molecule has 0 spiro atoms. The summed E-state index contributed by atoms with van der Waals surface area (Å²) in [4.78, 5) is 29.8. The summed E-state index contributed by atoms with van der Waals surface area (Å²) in [5, 5.41) is 10.2. The van der Waals surface area contributed by atoms with Gasteiger partial charge in [-0.3, -0.25) is 9.36 Å². The molecule has 0 saturated heterocycles. The number of nitrogens with zero attached hydrogens (tertiary/aromatic N) is 4. The number of aromatic nitrogens is 4. The topological polar surface area (TPSA) is 81.8 Å². The average Bonchev–Trinajstić information content (AvgIpc) is 3.21. The second kappa shape index (κ2) is 8.30. The molecule has 1 aromatic carbocycles. The molecule has 1 amide bonds. The van der Waals surface area contributed by atoms with Gasteiger partial charge in [-0.05, 0) is 32.4 Å². The monoisotopic (exact) mass is 385 g/mol. The van der Waals surface area contributed by atoms with Crippen LogP contribution in [0.25, 0.3) is 5.69 Å². The van der Waals surface area contributed by atoms with Crippen LogP contribution in [0.15, 0.2) is 40.5 Å². The number of para-hydroxylation sites is 1. The van der Waals surface area contributed by atoms with E-state index in [0.29, 0.717) is 17.9 Å². The molecule has 0 unspecified atom stereocenters. The van der Waals surface area contributed by atoms with Crippen molar-refractivity contribution in [3.63, 3.8) is 0 Å². The zero-order valence-corrected chi connectivity index (χ0v) is 16.5. The van der Waals surface area contributed by atoms with Crippen molar-refractivity contribution in [1.82, 2.24) is 24.6 Å². The Hall–Kier alpha value is -2.74. The molecule has 2 heterocycles. The van der Waals surface area contributed by atoms with Gasteiger partial charge in [0.2, 0.25) is 5.91 Å². The number of amides is 1. The van der Waals surface area contributed by atoms with Crippen molar-refractivity contribution in [3.8, 4) is 5.69 Å². The largest absolute Gasteiger partial charge is 0.351 e. The van der Waals surface area contributed by atoms with E-state index >= 15 is 0 Å². The lowest BCUT2D eigenvalue weighted by Gasteiger charge is -2.12. The van der Waals surface area contributed by atoms with Crippen molar-refractivity contribution in [3.05, 3.63) is 62.7 Å². The Morgan fingerprint density at radius 2 is 2.04 bits per heavy atom. The maximum atomic E-state index is 12.8. The molecule has 2 aromatic heterocycles. The van der Waals surface area contributed by atoms with E-state index in [4.69, 9.17) is 0 Å². The van der Waals surface area contributed by atoms with Gasteiger partial charge in [-0.2, -0.15) is 4.68 Å². The molecule has 0 saturated carbocycles. The molecule has 8 heteroatoms. The Bertz CT molecular complexity index is 974. The quantitative estimate of drug-likeness (QED) is 0.678. The van der Waals surface area contributed by atoms with Gasteiger partial charge in [-0.15, -0.1) is 16.4 Å². The van der Waals surface area contributed by atoms with Crippen molar-refractivity contribution < 1.29 is 4.79 Å². The molecule has 3 rings (SSSR count). The minimum Gasteiger partial charge on any atom is -0.346 e. The van der Waals surface area contributed by atoms with Crippen LogP contribution in [0, 0.1) is 6.92 Å². The fourth-order valence-corrected chi connectivity index (χ4v) is 3.61. The highest BCUT2D eigenvalue weighted by Gasteiger charge is 2.18. The second-order valence-corrected chi connectivity index (χ2v) is 7.29. The summed E-state index contributed by atoms with van der Waals surface area (Å²) in [6.45, 7) is 5.77. The molecular formula is C19H23N5O2S. The summed E-state index contributed by atoms with van der Waals surface area (Å²) < 4.78 is 2.80. The summed E-state index contributed by atoms with van der Waals surface area (Å²) in [6, 6.07) is 9.02. The number of carbonyl (C=O) groups excluding carboxylic acids is 1. The predicted molar refractivity (Wildman–Crippen MR) is 105 cm³/mol. The lowest BCUT2D eigenvalue weighted by Crippen LogP contribution is -2.35. The van der Waals surface area contributed by atoms with E-state index in [2.05, 4.69) is 15.4 Å². The number of rotatable bonds is 7. The van der Waals surface area contributed by atoms with Crippen molar-refractivity contribution in [2.45, 2.75) is 46.2 Å². The van der Waals surface area contributed by atoms with Gasteiger partial charge in [0.25, 0.3) is 0 Å². The first-order valence-electron chi connectivity index (χ1n) is 8.95. The van der Waals surface area contributed by atoms with E-state index < -0.39 is 0 Å². The van der Waals surface area contributed by atoms with Gasteiger partial charge in [0.1, 0.15) is 17.4 Å². The number of hydrogen-bond donors (Lipinski definition) is 1. The van der Waals surface area contributed by atoms with Crippen LogP contribution in [0.1, 0.15) is 42.8 Å². The van der Waals surface area contributed by atoms with Gasteiger partial charge < -0.3 is 5.32 Å². The number of aryl methyl sites for hydroxylation is 2. The van der Waals surface area contributed by atoms with Crippen LogP contribution in [0.4, 0.5) is 0 Å². The number of nitrogens with one attached hydrogen (secondary N) is 1. The highest BCUT2D eigenvalue weighted by atomic mass is 32.1. The molecule has 3 aromatic rings. The Morgan fingerprint density at radius 1 is 1.30 bits per heavy atom. The molecule has 0 bridgehead atoms. The Kier molecular flexibility index (Phi) is 5.85. The van der Waals surface area contributed by atoms with Gasteiger partial charge in [-0.1, -0.05) is 25.1 Å². The SMILES string of the molecule is CCCc1nn(-c2ccccc2)c(=O)n1CC(=O)N[C@H](C)c1nc(C)cs1. The Labute approximate surface area is 161 Å². The minimum absolute atomic E-state index is 0.0598. The van der Waals surface area contributed by atoms with E-state index in [9.17, 15) is 9.59 Å². The third-order valence-electron chi connectivity index (χ3n) is 4.10. The summed E-state index contributed by atoms with van der Waals surface area (Å²) in [7, 11) is 0. The molecule has 0 aliphatic heterocycles. The van der Waals surface area contributed by atoms with Crippen LogP contribution >= 0.6 is 11.3 Å². The summed E-state index contributed by atoms with van der Waals surface area (Å²) in [6.07, 6.45) is 1.46. The van der Waals surface area contributed by atoms with Crippen LogP contribution in [-0.2, 0) is 17.8 Å². The van der Waals surface area contributed by atoms with Crippen molar-refractivity contribution in [1.29, 1.82) is 0 Å². The standard InChI is InChI=1S/C19H23N5O2S/c1-4-8-16-22-24(15-9-6-5-7-10-15)19(26)23(16)11-17(25)21-14(3)18-20-13(2)12-27-18/h5-7,9-10,12,14H,4,8,11H2,1-3H3,(H,21,25)/t14-/m1/s1. The average molecular weight is 385 g/mol. The van der Waals surface area contributed by atoms with Gasteiger partial charge in [0, 0.05) is 17.5 Å². The lowest BCUT2D eigenvalue weighted by atomic mass is 10.3. The maximum absolute atomic E-state index is 12.8. The molecule has 1 N–H and O–H groups in total. The van der Waals surface area contributed by atoms with E-state index in [1.54, 1.807) is 0 Å². The number of carbonyl (C=O) groups is 1. The highest BCUT2D eigenvalue weighted by Crippen LogP contribution is 2.17. The first-order chi connectivity index (χ1) is 13.0. The fourth-order valence-electron chi connectivity index (χ4n) is 2.81. The summed E-state index contributed by atoms with van der Waals surface area (Å²) in [5.74, 6) is 0.377. The molecule has 0 aliphatic rings. The molecule has 27 heavy (non-hydrogen) atoms. The van der Waals surface area contributed by atoms with Gasteiger partial charge in [0.15, 0.2) is 0 Å². The number of benzene rings is 1. The molecule has 7 nitrogen and oxygen atoms in total. The first-order valence-corrected chi connectivity index (χ1v) is 9.83. The zero-order chi connectivity index (χ0) is 19.4. The minimum atomic E-state index is -0.308. The Morgan fingerprint density at radius 3 is 2.67 bits per heavy atom. The van der Waals surface area contributed by atoms with Crippen LogP contribution in [0.2, 0.25) is 0 Å². The molecule has 1 atom stereocenters. The zero-order valence-electron chi connectivity index (χ0n) is 15.7.